The van der Waals surface area contributed by atoms with Gasteiger partial charge in [-0.1, -0.05) is 0 Å². The van der Waals surface area contributed by atoms with E-state index < -0.39 is 5.97 Å². The van der Waals surface area contributed by atoms with E-state index in [9.17, 15) is 9.59 Å². The molecule has 0 unspecified atom stereocenters. The molecule has 26 heavy (non-hydrogen) atoms. The fourth-order valence-electron chi connectivity index (χ4n) is 2.50. The summed E-state index contributed by atoms with van der Waals surface area (Å²) in [4.78, 5) is 37.6. The zero-order valence-electron chi connectivity index (χ0n) is 14.4. The highest BCUT2D eigenvalue weighted by molar-refractivity contribution is 5.92. The summed E-state index contributed by atoms with van der Waals surface area (Å²) in [7, 11) is 3.76. The van der Waals surface area contributed by atoms with Gasteiger partial charge in [-0.05, 0) is 24.3 Å². The van der Waals surface area contributed by atoms with E-state index in [1.165, 1.54) is 18.5 Å². The van der Waals surface area contributed by atoms with Gasteiger partial charge in [0.1, 0.15) is 6.33 Å². The molecular formula is C17H18N6O3. The molecular weight excluding hydrogens is 336 g/mol. The number of hydrogen-bond donors (Lipinski definition) is 2. The van der Waals surface area contributed by atoms with Gasteiger partial charge in [0.15, 0.2) is 17.0 Å². The third kappa shape index (κ3) is 3.61. The summed E-state index contributed by atoms with van der Waals surface area (Å²) in [5, 5.41) is 11.6. The molecule has 0 bridgehead atoms. The smallest absolute Gasteiger partial charge is 0.335 e. The monoisotopic (exact) mass is 354 g/mol. The van der Waals surface area contributed by atoms with E-state index in [1.54, 1.807) is 23.0 Å². The van der Waals surface area contributed by atoms with Crippen LogP contribution >= 0.6 is 0 Å². The van der Waals surface area contributed by atoms with Crippen LogP contribution in [0.5, 0.6) is 0 Å². The highest BCUT2D eigenvalue weighted by Crippen LogP contribution is 2.19. The van der Waals surface area contributed by atoms with Crippen LogP contribution in [0, 0.1) is 0 Å². The topological polar surface area (TPSA) is 113 Å². The number of amides is 1. The lowest BCUT2D eigenvalue weighted by atomic mass is 10.2. The van der Waals surface area contributed by atoms with Crippen molar-refractivity contribution in [1.29, 1.82) is 0 Å². The molecule has 9 nitrogen and oxygen atoms in total. The SMILES string of the molecule is CN(C)c1ncnc2c1ncn2CCC(=O)Nc1ccc(C(=O)O)cc1. The normalized spacial score (nSPS) is 10.7. The van der Waals surface area contributed by atoms with Crippen molar-refractivity contribution in [3.63, 3.8) is 0 Å². The summed E-state index contributed by atoms with van der Waals surface area (Å²) >= 11 is 0. The Morgan fingerprint density at radius 1 is 1.15 bits per heavy atom. The second-order valence-electron chi connectivity index (χ2n) is 5.88. The largest absolute Gasteiger partial charge is 0.478 e. The second kappa shape index (κ2) is 7.18. The number of carboxylic acid groups (broad SMARTS) is 1. The number of anilines is 2. The van der Waals surface area contributed by atoms with Crippen molar-refractivity contribution in [1.82, 2.24) is 19.5 Å². The molecule has 134 valence electrons. The quantitative estimate of drug-likeness (QED) is 0.691. The summed E-state index contributed by atoms with van der Waals surface area (Å²) in [6.45, 7) is 0.416. The Morgan fingerprint density at radius 3 is 2.54 bits per heavy atom. The van der Waals surface area contributed by atoms with Gasteiger partial charge in [-0.2, -0.15) is 0 Å². The Kier molecular flexibility index (Phi) is 4.78. The van der Waals surface area contributed by atoms with Crippen LogP contribution < -0.4 is 10.2 Å². The minimum Gasteiger partial charge on any atom is -0.478 e. The van der Waals surface area contributed by atoms with Gasteiger partial charge in [-0.3, -0.25) is 4.79 Å². The van der Waals surface area contributed by atoms with E-state index in [-0.39, 0.29) is 17.9 Å². The van der Waals surface area contributed by atoms with E-state index >= 15 is 0 Å². The number of nitrogens with zero attached hydrogens (tertiary/aromatic N) is 5. The van der Waals surface area contributed by atoms with E-state index in [1.807, 2.05) is 19.0 Å². The van der Waals surface area contributed by atoms with E-state index in [0.717, 1.165) is 5.82 Å². The number of nitrogens with one attached hydrogen (secondary N) is 1. The first kappa shape index (κ1) is 17.3. The van der Waals surface area contributed by atoms with E-state index in [2.05, 4.69) is 20.3 Å². The molecule has 0 saturated carbocycles. The lowest BCUT2D eigenvalue weighted by Gasteiger charge is -2.11. The van der Waals surface area contributed by atoms with Gasteiger partial charge < -0.3 is 19.9 Å². The molecule has 3 rings (SSSR count). The maximum Gasteiger partial charge on any atom is 0.335 e. The Bertz CT molecular complexity index is 949. The molecule has 0 aliphatic heterocycles. The minimum absolute atomic E-state index is 0.171. The van der Waals surface area contributed by atoms with Gasteiger partial charge >= 0.3 is 5.97 Å². The first-order valence-corrected chi connectivity index (χ1v) is 7.92. The Morgan fingerprint density at radius 2 is 1.88 bits per heavy atom. The van der Waals surface area contributed by atoms with Gasteiger partial charge in [-0.15, -0.1) is 0 Å². The van der Waals surface area contributed by atoms with Crippen molar-refractivity contribution in [3.05, 3.63) is 42.5 Å². The molecule has 1 aromatic carbocycles. The fourth-order valence-corrected chi connectivity index (χ4v) is 2.50. The molecule has 2 N–H and O–H groups in total. The van der Waals surface area contributed by atoms with Crippen LogP contribution in [-0.2, 0) is 11.3 Å². The van der Waals surface area contributed by atoms with Crippen molar-refractivity contribution in [2.24, 2.45) is 0 Å². The van der Waals surface area contributed by atoms with E-state index in [0.29, 0.717) is 23.4 Å². The minimum atomic E-state index is -1.01. The summed E-state index contributed by atoms with van der Waals surface area (Å²) in [5.74, 6) is -0.470. The van der Waals surface area contributed by atoms with Crippen LogP contribution in [0.3, 0.4) is 0 Å². The number of aromatic nitrogens is 4. The lowest BCUT2D eigenvalue weighted by Crippen LogP contribution is -2.15. The number of carboxylic acids is 1. The molecule has 0 atom stereocenters. The van der Waals surface area contributed by atoms with Crippen molar-refractivity contribution in [2.45, 2.75) is 13.0 Å². The van der Waals surface area contributed by atoms with Crippen molar-refractivity contribution < 1.29 is 14.7 Å². The number of carbonyl (C=O) groups excluding carboxylic acids is 1. The molecule has 0 aliphatic rings. The van der Waals surface area contributed by atoms with Gasteiger partial charge in [0, 0.05) is 32.7 Å². The first-order chi connectivity index (χ1) is 12.5. The van der Waals surface area contributed by atoms with Crippen LogP contribution in [0.1, 0.15) is 16.8 Å². The number of benzene rings is 1. The molecule has 9 heteroatoms. The van der Waals surface area contributed by atoms with Crippen molar-refractivity contribution in [2.75, 3.05) is 24.3 Å². The predicted octanol–water partition coefficient (Wildman–Crippen LogP) is 1.62. The second-order valence-corrected chi connectivity index (χ2v) is 5.88. The summed E-state index contributed by atoms with van der Waals surface area (Å²) in [6, 6.07) is 6.01. The average Bonchev–Trinajstić information content (AvgIpc) is 3.03. The third-order valence-electron chi connectivity index (χ3n) is 3.80. The van der Waals surface area contributed by atoms with Gasteiger partial charge in [0.25, 0.3) is 0 Å². The van der Waals surface area contributed by atoms with Crippen LogP contribution in [0.25, 0.3) is 11.2 Å². The maximum atomic E-state index is 12.1. The summed E-state index contributed by atoms with van der Waals surface area (Å²) < 4.78 is 1.80. The number of aromatic carboxylic acids is 1. The average molecular weight is 354 g/mol. The van der Waals surface area contributed by atoms with Crippen molar-refractivity contribution >= 4 is 34.5 Å². The zero-order valence-corrected chi connectivity index (χ0v) is 14.4. The standard InChI is InChI=1S/C17H18N6O3/c1-22(2)15-14-16(19-9-18-15)23(10-20-14)8-7-13(24)21-12-5-3-11(4-6-12)17(25)26/h3-6,9-10H,7-8H2,1-2H3,(H,21,24)(H,25,26). The summed E-state index contributed by atoms with van der Waals surface area (Å²) in [6.07, 6.45) is 3.34. The Hall–Kier alpha value is -3.49. The highest BCUT2D eigenvalue weighted by Gasteiger charge is 2.12. The number of aryl methyl sites for hydroxylation is 1. The lowest BCUT2D eigenvalue weighted by molar-refractivity contribution is -0.116. The molecule has 1 amide bonds. The number of imidazole rings is 1. The van der Waals surface area contributed by atoms with Crippen LogP contribution in [0.2, 0.25) is 0 Å². The molecule has 0 aliphatic carbocycles. The maximum absolute atomic E-state index is 12.1. The van der Waals surface area contributed by atoms with Gasteiger partial charge in [0.2, 0.25) is 5.91 Å². The molecule has 0 fully saturated rings. The highest BCUT2D eigenvalue weighted by atomic mass is 16.4. The molecule has 3 aromatic rings. The van der Waals surface area contributed by atoms with Gasteiger partial charge in [-0.25, -0.2) is 19.7 Å². The van der Waals surface area contributed by atoms with Crippen molar-refractivity contribution in [3.8, 4) is 0 Å². The molecule has 2 aromatic heterocycles. The predicted molar refractivity (Wildman–Crippen MR) is 96.3 cm³/mol. The summed E-state index contributed by atoms with van der Waals surface area (Å²) in [5.41, 5.74) is 2.07. The molecule has 0 spiro atoms. The van der Waals surface area contributed by atoms with Crippen LogP contribution in [-0.4, -0.2) is 50.6 Å². The Labute approximate surface area is 149 Å². The first-order valence-electron chi connectivity index (χ1n) is 7.92. The van der Waals surface area contributed by atoms with Crippen LogP contribution in [0.4, 0.5) is 11.5 Å². The number of fused-ring (bicyclic) bond motifs is 1. The zero-order chi connectivity index (χ0) is 18.7. The number of carbonyl (C=O) groups is 2. The molecule has 0 radical (unpaired) electrons. The van der Waals surface area contributed by atoms with E-state index in [4.69, 9.17) is 5.11 Å². The van der Waals surface area contributed by atoms with Crippen LogP contribution in [0.15, 0.2) is 36.9 Å². The molecule has 0 saturated heterocycles. The Balaban J connectivity index is 1.65. The third-order valence-corrected chi connectivity index (χ3v) is 3.80. The number of hydrogen-bond acceptors (Lipinski definition) is 6. The fraction of sp³-hybridized carbons (Fsp3) is 0.235. The number of rotatable bonds is 6. The molecule has 2 heterocycles. The van der Waals surface area contributed by atoms with Gasteiger partial charge in [0.05, 0.1) is 11.9 Å².